The molecule has 1 aromatic heterocycles. The van der Waals surface area contributed by atoms with Crippen LogP contribution in [0.1, 0.15) is 24.0 Å². The van der Waals surface area contributed by atoms with Gasteiger partial charge in [0.25, 0.3) is 0 Å². The lowest BCUT2D eigenvalue weighted by molar-refractivity contribution is 0.281. The Kier molecular flexibility index (Phi) is 3.95. The maximum atomic E-state index is 9.03. The van der Waals surface area contributed by atoms with Gasteiger partial charge in [-0.05, 0) is 36.6 Å². The van der Waals surface area contributed by atoms with E-state index in [1.807, 2.05) is 36.4 Å². The molecular formula is C16H18N2O2. The van der Waals surface area contributed by atoms with Crippen molar-refractivity contribution in [3.8, 4) is 11.6 Å². The Morgan fingerprint density at radius 1 is 1.20 bits per heavy atom. The lowest BCUT2D eigenvalue weighted by atomic mass is 10.2. The molecule has 4 nitrogen and oxygen atoms in total. The molecule has 0 radical (unpaired) electrons. The molecule has 1 aromatic carbocycles. The highest BCUT2D eigenvalue weighted by Crippen LogP contribution is 2.25. The van der Waals surface area contributed by atoms with Crippen LogP contribution < -0.4 is 10.1 Å². The Balaban J connectivity index is 1.71. The number of aromatic nitrogens is 1. The highest BCUT2D eigenvalue weighted by molar-refractivity contribution is 5.33. The largest absolute Gasteiger partial charge is 0.439 e. The minimum absolute atomic E-state index is 0.0421. The van der Waals surface area contributed by atoms with Crippen molar-refractivity contribution in [1.29, 1.82) is 0 Å². The third-order valence-corrected chi connectivity index (χ3v) is 3.33. The van der Waals surface area contributed by atoms with Crippen LogP contribution in [0.2, 0.25) is 0 Å². The first-order valence-electron chi connectivity index (χ1n) is 6.90. The summed E-state index contributed by atoms with van der Waals surface area (Å²) in [6, 6.07) is 12.0. The molecule has 20 heavy (non-hydrogen) atoms. The second-order valence-corrected chi connectivity index (χ2v) is 5.03. The number of benzene rings is 1. The van der Waals surface area contributed by atoms with Gasteiger partial charge in [0.05, 0.1) is 6.61 Å². The molecule has 3 rings (SSSR count). The van der Waals surface area contributed by atoms with Crippen molar-refractivity contribution in [1.82, 2.24) is 10.3 Å². The van der Waals surface area contributed by atoms with Crippen LogP contribution in [-0.2, 0) is 13.2 Å². The maximum absolute atomic E-state index is 9.03. The van der Waals surface area contributed by atoms with Crippen molar-refractivity contribution in [3.05, 3.63) is 53.7 Å². The minimum atomic E-state index is 0.0421. The first kappa shape index (κ1) is 13.1. The summed E-state index contributed by atoms with van der Waals surface area (Å²) in [4.78, 5) is 4.30. The zero-order chi connectivity index (χ0) is 13.8. The third-order valence-electron chi connectivity index (χ3n) is 3.33. The summed E-state index contributed by atoms with van der Waals surface area (Å²) < 4.78 is 5.83. The van der Waals surface area contributed by atoms with Crippen molar-refractivity contribution in [2.24, 2.45) is 0 Å². The van der Waals surface area contributed by atoms with Crippen LogP contribution in [0.5, 0.6) is 11.6 Å². The van der Waals surface area contributed by atoms with Gasteiger partial charge in [0.2, 0.25) is 5.88 Å². The van der Waals surface area contributed by atoms with Crippen molar-refractivity contribution in [2.75, 3.05) is 0 Å². The fraction of sp³-hybridized carbons (Fsp3) is 0.312. The van der Waals surface area contributed by atoms with Gasteiger partial charge < -0.3 is 15.2 Å². The predicted octanol–water partition coefficient (Wildman–Crippen LogP) is 2.62. The third kappa shape index (κ3) is 3.35. The van der Waals surface area contributed by atoms with Crippen LogP contribution in [0.3, 0.4) is 0 Å². The number of aliphatic hydroxyl groups is 1. The molecule has 1 aliphatic rings. The number of nitrogens with zero attached hydrogens (tertiary/aromatic N) is 1. The SMILES string of the molecule is OCc1ccc(Oc2ncccc2CNC2CC2)cc1. The molecule has 0 bridgehead atoms. The van der Waals surface area contributed by atoms with Crippen molar-refractivity contribution in [3.63, 3.8) is 0 Å². The van der Waals surface area contributed by atoms with Gasteiger partial charge in [0, 0.05) is 24.3 Å². The van der Waals surface area contributed by atoms with E-state index in [0.717, 1.165) is 23.4 Å². The molecule has 0 spiro atoms. The molecule has 4 heteroatoms. The van der Waals surface area contributed by atoms with E-state index in [2.05, 4.69) is 10.3 Å². The fourth-order valence-electron chi connectivity index (χ4n) is 1.97. The van der Waals surface area contributed by atoms with Gasteiger partial charge >= 0.3 is 0 Å². The first-order valence-corrected chi connectivity index (χ1v) is 6.90. The van der Waals surface area contributed by atoms with E-state index in [-0.39, 0.29) is 6.61 Å². The fourth-order valence-corrected chi connectivity index (χ4v) is 1.97. The van der Waals surface area contributed by atoms with E-state index < -0.39 is 0 Å². The zero-order valence-corrected chi connectivity index (χ0v) is 11.2. The molecule has 0 aliphatic heterocycles. The number of nitrogens with one attached hydrogen (secondary N) is 1. The number of hydrogen-bond acceptors (Lipinski definition) is 4. The number of ether oxygens (including phenoxy) is 1. The number of hydrogen-bond donors (Lipinski definition) is 2. The van der Waals surface area contributed by atoms with Crippen LogP contribution in [0.25, 0.3) is 0 Å². The summed E-state index contributed by atoms with van der Waals surface area (Å²) in [7, 11) is 0. The smallest absolute Gasteiger partial charge is 0.223 e. The van der Waals surface area contributed by atoms with Gasteiger partial charge in [0.1, 0.15) is 5.75 Å². The Morgan fingerprint density at radius 3 is 2.70 bits per heavy atom. The van der Waals surface area contributed by atoms with Crippen molar-refractivity contribution < 1.29 is 9.84 Å². The van der Waals surface area contributed by atoms with E-state index in [1.165, 1.54) is 12.8 Å². The van der Waals surface area contributed by atoms with E-state index in [0.29, 0.717) is 11.9 Å². The van der Waals surface area contributed by atoms with E-state index in [4.69, 9.17) is 9.84 Å². The van der Waals surface area contributed by atoms with Gasteiger partial charge in [-0.15, -0.1) is 0 Å². The minimum Gasteiger partial charge on any atom is -0.439 e. The van der Waals surface area contributed by atoms with Crippen LogP contribution >= 0.6 is 0 Å². The average molecular weight is 270 g/mol. The van der Waals surface area contributed by atoms with Crippen LogP contribution in [0.15, 0.2) is 42.6 Å². The van der Waals surface area contributed by atoms with Crippen molar-refractivity contribution in [2.45, 2.75) is 32.0 Å². The molecule has 2 aromatic rings. The van der Waals surface area contributed by atoms with Crippen LogP contribution in [0.4, 0.5) is 0 Å². The quantitative estimate of drug-likeness (QED) is 0.847. The highest BCUT2D eigenvalue weighted by Gasteiger charge is 2.20. The zero-order valence-electron chi connectivity index (χ0n) is 11.2. The monoisotopic (exact) mass is 270 g/mol. The average Bonchev–Trinajstić information content (AvgIpc) is 3.31. The summed E-state index contributed by atoms with van der Waals surface area (Å²) in [5.41, 5.74) is 1.93. The molecule has 0 unspecified atom stereocenters. The molecule has 0 amide bonds. The van der Waals surface area contributed by atoms with E-state index in [9.17, 15) is 0 Å². The topological polar surface area (TPSA) is 54.4 Å². The molecule has 2 N–H and O–H groups in total. The van der Waals surface area contributed by atoms with E-state index in [1.54, 1.807) is 6.20 Å². The van der Waals surface area contributed by atoms with Crippen molar-refractivity contribution >= 4 is 0 Å². The lowest BCUT2D eigenvalue weighted by Gasteiger charge is -2.10. The van der Waals surface area contributed by atoms with Gasteiger partial charge in [-0.1, -0.05) is 18.2 Å². The molecule has 0 atom stereocenters. The molecular weight excluding hydrogens is 252 g/mol. The highest BCUT2D eigenvalue weighted by atomic mass is 16.5. The molecule has 1 fully saturated rings. The summed E-state index contributed by atoms with van der Waals surface area (Å²) in [6.07, 6.45) is 4.26. The number of aliphatic hydroxyl groups excluding tert-OH is 1. The molecule has 104 valence electrons. The second-order valence-electron chi connectivity index (χ2n) is 5.03. The molecule has 0 saturated heterocycles. The summed E-state index contributed by atoms with van der Waals surface area (Å²) in [5, 5.41) is 12.5. The summed E-state index contributed by atoms with van der Waals surface area (Å²) >= 11 is 0. The van der Waals surface area contributed by atoms with Crippen LogP contribution in [-0.4, -0.2) is 16.1 Å². The molecule has 1 heterocycles. The molecule has 1 aliphatic carbocycles. The first-order chi connectivity index (χ1) is 9.85. The van der Waals surface area contributed by atoms with E-state index >= 15 is 0 Å². The number of rotatable bonds is 6. The van der Waals surface area contributed by atoms with Gasteiger partial charge in [-0.25, -0.2) is 4.98 Å². The Labute approximate surface area is 118 Å². The number of pyridine rings is 1. The predicted molar refractivity (Wildman–Crippen MR) is 76.5 cm³/mol. The van der Waals surface area contributed by atoms with Gasteiger partial charge in [-0.2, -0.15) is 0 Å². The Hall–Kier alpha value is -1.91. The standard InChI is InChI=1S/C16H18N2O2/c19-11-12-3-7-15(8-4-12)20-16-13(2-1-9-17-16)10-18-14-5-6-14/h1-4,7-9,14,18-19H,5-6,10-11H2. The Morgan fingerprint density at radius 2 is 2.00 bits per heavy atom. The summed E-state index contributed by atoms with van der Waals surface area (Å²) in [5.74, 6) is 1.37. The Bertz CT molecular complexity index is 565. The van der Waals surface area contributed by atoms with Crippen LogP contribution in [0, 0.1) is 0 Å². The van der Waals surface area contributed by atoms with Gasteiger partial charge in [-0.3, -0.25) is 0 Å². The second kappa shape index (κ2) is 6.03. The van der Waals surface area contributed by atoms with Gasteiger partial charge in [0.15, 0.2) is 0 Å². The normalized spacial score (nSPS) is 14.2. The molecule has 1 saturated carbocycles. The summed E-state index contributed by atoms with van der Waals surface area (Å²) in [6.45, 7) is 0.822. The maximum Gasteiger partial charge on any atom is 0.223 e. The lowest BCUT2D eigenvalue weighted by Crippen LogP contribution is -2.16.